The Balaban J connectivity index is 1.76. The van der Waals surface area contributed by atoms with E-state index in [9.17, 15) is 4.79 Å². The van der Waals surface area contributed by atoms with Gasteiger partial charge in [-0.1, -0.05) is 12.5 Å². The average Bonchev–Trinajstić information content (AvgIpc) is 2.88. The van der Waals surface area contributed by atoms with E-state index in [1.54, 1.807) is 0 Å². The minimum Gasteiger partial charge on any atom is -0.319 e. The van der Waals surface area contributed by atoms with Crippen LogP contribution in [0.15, 0.2) is 41.3 Å². The van der Waals surface area contributed by atoms with Crippen molar-refractivity contribution < 1.29 is 0 Å². The Morgan fingerprint density at radius 1 is 1.25 bits per heavy atom. The Labute approximate surface area is 116 Å². The van der Waals surface area contributed by atoms with E-state index in [1.807, 2.05) is 28.8 Å². The summed E-state index contributed by atoms with van der Waals surface area (Å²) < 4.78 is 1.96. The third-order valence-electron chi connectivity index (χ3n) is 4.25. The van der Waals surface area contributed by atoms with Crippen LogP contribution in [0.3, 0.4) is 0 Å². The maximum atomic E-state index is 11.9. The summed E-state index contributed by atoms with van der Waals surface area (Å²) >= 11 is 0. The van der Waals surface area contributed by atoms with Crippen molar-refractivity contribution in [2.75, 3.05) is 0 Å². The molecular weight excluding hydrogens is 250 g/mol. The number of hydrogen-bond acceptors (Lipinski definition) is 2. The summed E-state index contributed by atoms with van der Waals surface area (Å²) in [6, 6.07) is 10.7. The molecule has 0 saturated heterocycles. The van der Waals surface area contributed by atoms with Crippen LogP contribution in [0.5, 0.6) is 0 Å². The summed E-state index contributed by atoms with van der Waals surface area (Å²) in [6.45, 7) is 0.891. The molecule has 0 aliphatic heterocycles. The van der Waals surface area contributed by atoms with Gasteiger partial charge in [-0.15, -0.1) is 0 Å². The van der Waals surface area contributed by atoms with Crippen molar-refractivity contribution in [2.24, 2.45) is 0 Å². The standard InChI is InChI=1S/C16H17N3O/c20-16-14-5-2-8-19(14)15-9-11(6-7-13(15)18-16)10-17-12-3-1-4-12/h2,5-9,12,17H,1,3-4,10H2,(H,18,20). The van der Waals surface area contributed by atoms with Crippen molar-refractivity contribution in [1.82, 2.24) is 14.7 Å². The lowest BCUT2D eigenvalue weighted by Gasteiger charge is -2.26. The number of nitrogens with one attached hydrogen (secondary N) is 2. The molecule has 2 N–H and O–H groups in total. The van der Waals surface area contributed by atoms with Crippen molar-refractivity contribution in [3.8, 4) is 0 Å². The molecule has 4 rings (SSSR count). The van der Waals surface area contributed by atoms with Crippen LogP contribution in [0, 0.1) is 0 Å². The van der Waals surface area contributed by atoms with E-state index in [0.717, 1.165) is 17.6 Å². The van der Waals surface area contributed by atoms with Gasteiger partial charge in [-0.3, -0.25) is 4.79 Å². The highest BCUT2D eigenvalue weighted by atomic mass is 16.1. The molecule has 1 saturated carbocycles. The third kappa shape index (κ3) is 1.84. The second kappa shape index (κ2) is 4.49. The summed E-state index contributed by atoms with van der Waals surface area (Å²) in [7, 11) is 0. The maximum Gasteiger partial charge on any atom is 0.272 e. The fourth-order valence-corrected chi connectivity index (χ4v) is 2.83. The molecule has 0 radical (unpaired) electrons. The highest BCUT2D eigenvalue weighted by Crippen LogP contribution is 2.19. The lowest BCUT2D eigenvalue weighted by Crippen LogP contribution is -2.34. The molecule has 3 aromatic rings. The Bertz CT molecular complexity index is 826. The van der Waals surface area contributed by atoms with E-state index in [0.29, 0.717) is 11.6 Å². The van der Waals surface area contributed by atoms with Gasteiger partial charge in [-0.25, -0.2) is 0 Å². The highest BCUT2D eigenvalue weighted by molar-refractivity contribution is 5.78. The fraction of sp³-hybridized carbons (Fsp3) is 0.312. The predicted octanol–water partition coefficient (Wildman–Crippen LogP) is 2.42. The SMILES string of the molecule is O=c1[nH]c2ccc(CNC3CCC3)cc2n2cccc12. The molecule has 4 nitrogen and oxygen atoms in total. The van der Waals surface area contributed by atoms with E-state index in [-0.39, 0.29) is 5.56 Å². The van der Waals surface area contributed by atoms with Gasteiger partial charge >= 0.3 is 0 Å². The molecule has 0 atom stereocenters. The highest BCUT2D eigenvalue weighted by Gasteiger charge is 2.16. The number of benzene rings is 1. The van der Waals surface area contributed by atoms with Gasteiger partial charge in [-0.2, -0.15) is 0 Å². The predicted molar refractivity (Wildman–Crippen MR) is 80.0 cm³/mol. The molecule has 1 aromatic carbocycles. The smallest absolute Gasteiger partial charge is 0.272 e. The molecule has 102 valence electrons. The number of aromatic nitrogens is 2. The number of rotatable bonds is 3. The molecule has 4 heteroatoms. The van der Waals surface area contributed by atoms with E-state index in [2.05, 4.69) is 22.4 Å². The van der Waals surface area contributed by atoms with Crippen LogP contribution >= 0.6 is 0 Å². The zero-order valence-corrected chi connectivity index (χ0v) is 11.2. The summed E-state index contributed by atoms with van der Waals surface area (Å²) in [5.41, 5.74) is 3.85. The first kappa shape index (κ1) is 11.7. The van der Waals surface area contributed by atoms with E-state index >= 15 is 0 Å². The van der Waals surface area contributed by atoms with Gasteiger partial charge < -0.3 is 14.7 Å². The lowest BCUT2D eigenvalue weighted by atomic mass is 9.93. The lowest BCUT2D eigenvalue weighted by molar-refractivity contribution is 0.338. The molecule has 0 unspecified atom stereocenters. The van der Waals surface area contributed by atoms with Crippen LogP contribution in [0.25, 0.3) is 16.6 Å². The summed E-state index contributed by atoms with van der Waals surface area (Å²) in [4.78, 5) is 14.8. The van der Waals surface area contributed by atoms with Gasteiger partial charge in [0.1, 0.15) is 5.52 Å². The van der Waals surface area contributed by atoms with Crippen molar-refractivity contribution in [3.63, 3.8) is 0 Å². The second-order valence-electron chi connectivity index (χ2n) is 5.58. The van der Waals surface area contributed by atoms with Gasteiger partial charge in [0.15, 0.2) is 0 Å². The van der Waals surface area contributed by atoms with Crippen LogP contribution < -0.4 is 10.9 Å². The minimum atomic E-state index is -0.0390. The quantitative estimate of drug-likeness (QED) is 0.765. The van der Waals surface area contributed by atoms with Gasteiger partial charge in [0.25, 0.3) is 5.56 Å². The van der Waals surface area contributed by atoms with Crippen LogP contribution in [-0.4, -0.2) is 15.4 Å². The molecule has 0 amide bonds. The first-order chi connectivity index (χ1) is 9.81. The first-order valence-corrected chi connectivity index (χ1v) is 7.17. The summed E-state index contributed by atoms with van der Waals surface area (Å²) in [6.07, 6.45) is 5.88. The topological polar surface area (TPSA) is 49.3 Å². The van der Waals surface area contributed by atoms with Crippen molar-refractivity contribution in [3.05, 3.63) is 52.4 Å². The molecule has 2 aromatic heterocycles. The second-order valence-corrected chi connectivity index (χ2v) is 5.58. The van der Waals surface area contributed by atoms with Gasteiger partial charge in [0.2, 0.25) is 0 Å². The number of hydrogen-bond donors (Lipinski definition) is 2. The van der Waals surface area contributed by atoms with Gasteiger partial charge in [0, 0.05) is 18.8 Å². The zero-order valence-electron chi connectivity index (χ0n) is 11.2. The first-order valence-electron chi connectivity index (χ1n) is 7.17. The monoisotopic (exact) mass is 267 g/mol. The van der Waals surface area contributed by atoms with Crippen LogP contribution in [0.2, 0.25) is 0 Å². The Morgan fingerprint density at radius 3 is 2.95 bits per heavy atom. The number of fused-ring (bicyclic) bond motifs is 3. The molecule has 1 fully saturated rings. The normalized spacial score (nSPS) is 15.8. The Hall–Kier alpha value is -2.07. The molecule has 20 heavy (non-hydrogen) atoms. The van der Waals surface area contributed by atoms with Crippen molar-refractivity contribution >= 4 is 16.6 Å². The van der Waals surface area contributed by atoms with Crippen molar-refractivity contribution in [1.29, 1.82) is 0 Å². The van der Waals surface area contributed by atoms with Crippen molar-refractivity contribution in [2.45, 2.75) is 31.8 Å². The van der Waals surface area contributed by atoms with E-state index < -0.39 is 0 Å². The summed E-state index contributed by atoms with van der Waals surface area (Å²) in [5.74, 6) is 0. The molecule has 0 bridgehead atoms. The summed E-state index contributed by atoms with van der Waals surface area (Å²) in [5, 5.41) is 3.57. The van der Waals surface area contributed by atoms with Gasteiger partial charge in [0.05, 0.1) is 11.0 Å². The minimum absolute atomic E-state index is 0.0390. The number of nitrogens with zero attached hydrogens (tertiary/aromatic N) is 1. The van der Waals surface area contributed by atoms with Gasteiger partial charge in [-0.05, 0) is 42.7 Å². The Morgan fingerprint density at radius 2 is 2.15 bits per heavy atom. The van der Waals surface area contributed by atoms with Crippen LogP contribution in [-0.2, 0) is 6.54 Å². The average molecular weight is 267 g/mol. The number of H-pyrrole nitrogens is 1. The largest absolute Gasteiger partial charge is 0.319 e. The molecule has 2 heterocycles. The molecule has 1 aliphatic rings. The number of aromatic amines is 1. The third-order valence-corrected chi connectivity index (χ3v) is 4.25. The van der Waals surface area contributed by atoms with Crippen LogP contribution in [0.1, 0.15) is 24.8 Å². The Kier molecular flexibility index (Phi) is 2.63. The van der Waals surface area contributed by atoms with Crippen LogP contribution in [0.4, 0.5) is 0 Å². The maximum absolute atomic E-state index is 11.9. The van der Waals surface area contributed by atoms with E-state index in [1.165, 1.54) is 24.8 Å². The fourth-order valence-electron chi connectivity index (χ4n) is 2.83. The molecule has 0 spiro atoms. The zero-order chi connectivity index (χ0) is 13.5. The molecule has 1 aliphatic carbocycles. The molecular formula is C16H17N3O. The van der Waals surface area contributed by atoms with E-state index in [4.69, 9.17) is 0 Å².